The van der Waals surface area contributed by atoms with Crippen molar-refractivity contribution in [2.75, 3.05) is 0 Å². The lowest BCUT2D eigenvalue weighted by atomic mass is 9.78. The van der Waals surface area contributed by atoms with Crippen molar-refractivity contribution in [2.45, 2.75) is 26.7 Å². The van der Waals surface area contributed by atoms with Crippen LogP contribution in [0.15, 0.2) is 23.3 Å². The summed E-state index contributed by atoms with van der Waals surface area (Å²) in [5.41, 5.74) is 2.91. The van der Waals surface area contributed by atoms with E-state index < -0.39 is 0 Å². The molecule has 1 nitrogen and oxygen atoms in total. The van der Waals surface area contributed by atoms with Crippen LogP contribution in [0.25, 0.3) is 0 Å². The van der Waals surface area contributed by atoms with E-state index in [1.165, 1.54) is 11.1 Å². The summed E-state index contributed by atoms with van der Waals surface area (Å²) in [7, 11) is 0. The highest BCUT2D eigenvalue weighted by Gasteiger charge is 2.33. The van der Waals surface area contributed by atoms with Crippen molar-refractivity contribution in [2.24, 2.45) is 11.8 Å². The molecule has 2 aliphatic carbocycles. The Morgan fingerprint density at radius 1 is 1.25 bits per heavy atom. The van der Waals surface area contributed by atoms with Crippen LogP contribution in [-0.4, -0.2) is 5.78 Å². The highest BCUT2D eigenvalue weighted by Crippen LogP contribution is 2.38. The third-order valence-electron chi connectivity index (χ3n) is 3.19. The molecule has 64 valence electrons. The zero-order valence-electron chi connectivity index (χ0n) is 7.63. The number of hydrogen-bond donors (Lipinski definition) is 0. The van der Waals surface area contributed by atoms with Gasteiger partial charge in [0.2, 0.25) is 0 Å². The monoisotopic (exact) mass is 162 g/mol. The molecule has 0 saturated carbocycles. The Bertz CT molecular complexity index is 279. The summed E-state index contributed by atoms with van der Waals surface area (Å²) in [6.07, 6.45) is 5.94. The van der Waals surface area contributed by atoms with Crippen LogP contribution >= 0.6 is 0 Å². The van der Waals surface area contributed by atoms with E-state index in [0.29, 0.717) is 11.7 Å². The number of hydrogen-bond acceptors (Lipinski definition) is 1. The van der Waals surface area contributed by atoms with E-state index in [-0.39, 0.29) is 5.92 Å². The Balaban J connectivity index is 2.26. The lowest BCUT2D eigenvalue weighted by Gasteiger charge is -2.25. The van der Waals surface area contributed by atoms with Gasteiger partial charge < -0.3 is 0 Å². The van der Waals surface area contributed by atoms with Crippen LogP contribution in [-0.2, 0) is 4.79 Å². The van der Waals surface area contributed by atoms with Gasteiger partial charge >= 0.3 is 0 Å². The van der Waals surface area contributed by atoms with Crippen molar-refractivity contribution in [1.29, 1.82) is 0 Å². The average molecular weight is 162 g/mol. The first-order valence-corrected chi connectivity index (χ1v) is 4.56. The molecule has 0 N–H and O–H groups in total. The van der Waals surface area contributed by atoms with Crippen molar-refractivity contribution in [1.82, 2.24) is 0 Å². The smallest absolute Gasteiger partial charge is 0.159 e. The minimum absolute atomic E-state index is 0.286. The molecule has 0 aromatic rings. The van der Waals surface area contributed by atoms with Crippen LogP contribution in [0.3, 0.4) is 0 Å². The van der Waals surface area contributed by atoms with E-state index in [4.69, 9.17) is 0 Å². The third-order valence-corrected chi connectivity index (χ3v) is 3.19. The van der Waals surface area contributed by atoms with E-state index in [0.717, 1.165) is 12.8 Å². The van der Waals surface area contributed by atoms with Crippen molar-refractivity contribution in [3.05, 3.63) is 23.3 Å². The Kier molecular flexibility index (Phi) is 1.67. The van der Waals surface area contributed by atoms with Gasteiger partial charge in [0.15, 0.2) is 5.78 Å². The molecule has 0 bridgehead atoms. The Hall–Kier alpha value is -0.850. The molecule has 0 aliphatic heterocycles. The zero-order chi connectivity index (χ0) is 8.72. The number of rotatable bonds is 0. The average Bonchev–Trinajstić information content (AvgIpc) is 2.35. The van der Waals surface area contributed by atoms with Crippen molar-refractivity contribution in [3.63, 3.8) is 0 Å². The molecule has 2 atom stereocenters. The van der Waals surface area contributed by atoms with E-state index in [9.17, 15) is 4.79 Å². The summed E-state index contributed by atoms with van der Waals surface area (Å²) < 4.78 is 0. The minimum atomic E-state index is 0.286. The molecule has 0 amide bonds. The second kappa shape index (κ2) is 2.58. The molecule has 0 fully saturated rings. The molecular formula is C11H14O. The van der Waals surface area contributed by atoms with Crippen LogP contribution in [0, 0.1) is 11.8 Å². The van der Waals surface area contributed by atoms with E-state index in [1.807, 2.05) is 0 Å². The largest absolute Gasteiger partial charge is 0.295 e. The molecular weight excluding hydrogens is 148 g/mol. The molecule has 0 radical (unpaired) electrons. The summed E-state index contributed by atoms with van der Waals surface area (Å²) in [6, 6.07) is 0. The molecule has 0 saturated heterocycles. The Morgan fingerprint density at radius 2 is 1.92 bits per heavy atom. The maximum Gasteiger partial charge on any atom is 0.159 e. The molecule has 0 unspecified atom stereocenters. The number of carbonyl (C=O) groups excluding carboxylic acids is 1. The van der Waals surface area contributed by atoms with Gasteiger partial charge in [0, 0.05) is 5.92 Å². The number of ketones is 1. The summed E-state index contributed by atoms with van der Waals surface area (Å²) in [5.74, 6) is 1.14. The zero-order valence-corrected chi connectivity index (χ0v) is 7.63. The Morgan fingerprint density at radius 3 is 2.67 bits per heavy atom. The second-order valence-corrected chi connectivity index (χ2v) is 4.00. The summed E-state index contributed by atoms with van der Waals surface area (Å²) >= 11 is 0. The van der Waals surface area contributed by atoms with Gasteiger partial charge in [-0.15, -0.1) is 0 Å². The fourth-order valence-corrected chi connectivity index (χ4v) is 2.18. The number of allylic oxidation sites excluding steroid dienone is 4. The fraction of sp³-hybridized carbons (Fsp3) is 0.545. The van der Waals surface area contributed by atoms with Gasteiger partial charge in [-0.1, -0.05) is 17.2 Å². The topological polar surface area (TPSA) is 17.1 Å². The highest BCUT2D eigenvalue weighted by molar-refractivity contribution is 5.95. The van der Waals surface area contributed by atoms with Gasteiger partial charge in [0.1, 0.15) is 0 Å². The molecule has 0 spiro atoms. The van der Waals surface area contributed by atoms with Gasteiger partial charge in [-0.25, -0.2) is 0 Å². The summed E-state index contributed by atoms with van der Waals surface area (Å²) in [6.45, 7) is 4.33. The van der Waals surface area contributed by atoms with Crippen LogP contribution in [0.4, 0.5) is 0 Å². The first-order chi connectivity index (χ1) is 5.68. The normalized spacial score (nSPS) is 34.3. The molecule has 1 heteroatoms. The van der Waals surface area contributed by atoms with Gasteiger partial charge in [0.05, 0.1) is 0 Å². The van der Waals surface area contributed by atoms with E-state index in [1.54, 1.807) is 6.08 Å². The van der Waals surface area contributed by atoms with Crippen LogP contribution < -0.4 is 0 Å². The van der Waals surface area contributed by atoms with Gasteiger partial charge in [-0.05, 0) is 38.7 Å². The van der Waals surface area contributed by atoms with Crippen LogP contribution in [0.2, 0.25) is 0 Å². The minimum Gasteiger partial charge on any atom is -0.295 e. The highest BCUT2D eigenvalue weighted by atomic mass is 16.1. The molecule has 0 heterocycles. The predicted molar refractivity (Wildman–Crippen MR) is 48.7 cm³/mol. The van der Waals surface area contributed by atoms with Crippen LogP contribution in [0.1, 0.15) is 26.7 Å². The van der Waals surface area contributed by atoms with Crippen LogP contribution in [0.5, 0.6) is 0 Å². The third kappa shape index (κ3) is 1.04. The fourth-order valence-electron chi connectivity index (χ4n) is 2.18. The van der Waals surface area contributed by atoms with Gasteiger partial charge in [-0.3, -0.25) is 4.79 Å². The molecule has 0 aromatic carbocycles. The van der Waals surface area contributed by atoms with Gasteiger partial charge in [0.25, 0.3) is 0 Å². The molecule has 0 aromatic heterocycles. The molecule has 12 heavy (non-hydrogen) atoms. The SMILES string of the molecule is CC1=C(C)C[C@@H]2C=CC(=O)[C@H]2C1. The Labute approximate surface area is 73.2 Å². The quantitative estimate of drug-likeness (QED) is 0.500. The van der Waals surface area contributed by atoms with Gasteiger partial charge in [-0.2, -0.15) is 0 Å². The lowest BCUT2D eigenvalue weighted by Crippen LogP contribution is -2.20. The van der Waals surface area contributed by atoms with Crippen molar-refractivity contribution in [3.8, 4) is 0 Å². The van der Waals surface area contributed by atoms with E-state index >= 15 is 0 Å². The van der Waals surface area contributed by atoms with E-state index in [2.05, 4.69) is 19.9 Å². The number of fused-ring (bicyclic) bond motifs is 1. The maximum atomic E-state index is 11.4. The summed E-state index contributed by atoms with van der Waals surface area (Å²) in [5, 5.41) is 0. The first-order valence-electron chi connectivity index (χ1n) is 4.56. The summed E-state index contributed by atoms with van der Waals surface area (Å²) in [4.78, 5) is 11.4. The first kappa shape index (κ1) is 7.78. The number of carbonyl (C=O) groups is 1. The molecule has 2 rings (SSSR count). The maximum absolute atomic E-state index is 11.4. The molecule has 2 aliphatic rings. The van der Waals surface area contributed by atoms with Crippen molar-refractivity contribution < 1.29 is 4.79 Å². The second-order valence-electron chi connectivity index (χ2n) is 4.00. The standard InChI is InChI=1S/C11H14O/c1-7-5-9-3-4-11(12)10(9)6-8(7)2/h3-4,9-10H,5-6H2,1-2H3/t9-,10-/m0/s1. The predicted octanol–water partition coefficient (Wildman–Crippen LogP) is 2.49. The van der Waals surface area contributed by atoms with Crippen molar-refractivity contribution >= 4 is 5.78 Å². The lowest BCUT2D eigenvalue weighted by molar-refractivity contribution is -0.118.